The second kappa shape index (κ2) is 7.52. The van der Waals surface area contributed by atoms with Gasteiger partial charge in [-0.05, 0) is 55.8 Å². The summed E-state index contributed by atoms with van der Waals surface area (Å²) in [5.74, 6) is 1.77. The fraction of sp³-hybridized carbons (Fsp3) is 0.136. The Balaban J connectivity index is 1.56. The molecule has 1 amide bonds. The van der Waals surface area contributed by atoms with E-state index in [4.69, 9.17) is 4.74 Å². The van der Waals surface area contributed by atoms with E-state index in [2.05, 4.69) is 10.3 Å². The van der Waals surface area contributed by atoms with Gasteiger partial charge in [0.05, 0.1) is 10.3 Å². The van der Waals surface area contributed by atoms with Crippen LogP contribution in [0.1, 0.15) is 21.1 Å². The van der Waals surface area contributed by atoms with Gasteiger partial charge in [0.1, 0.15) is 22.2 Å². The molecule has 0 aliphatic rings. The van der Waals surface area contributed by atoms with Crippen LogP contribution in [0.25, 0.3) is 10.2 Å². The summed E-state index contributed by atoms with van der Waals surface area (Å²) in [6.45, 7) is 3.55. The normalized spacial score (nSPS) is 10.9. The number of anilines is 1. The number of para-hydroxylation sites is 1. The van der Waals surface area contributed by atoms with E-state index in [9.17, 15) is 9.59 Å². The zero-order chi connectivity index (χ0) is 20.5. The molecule has 4 aromatic rings. The second-order valence-corrected chi connectivity index (χ2v) is 7.65. The summed E-state index contributed by atoms with van der Waals surface area (Å²) in [5, 5.41) is 3.38. The van der Waals surface area contributed by atoms with Gasteiger partial charge in [0.2, 0.25) is 0 Å². The van der Waals surface area contributed by atoms with Gasteiger partial charge in [-0.15, -0.1) is 11.3 Å². The summed E-state index contributed by atoms with van der Waals surface area (Å²) in [4.78, 5) is 30.8. The van der Waals surface area contributed by atoms with Crippen molar-refractivity contribution < 1.29 is 9.53 Å². The van der Waals surface area contributed by atoms with E-state index >= 15 is 0 Å². The zero-order valence-corrected chi connectivity index (χ0v) is 17.0. The highest BCUT2D eigenvalue weighted by Crippen LogP contribution is 2.28. The van der Waals surface area contributed by atoms with Crippen molar-refractivity contribution in [2.45, 2.75) is 13.8 Å². The van der Waals surface area contributed by atoms with E-state index in [-0.39, 0.29) is 11.5 Å². The third-order valence-electron chi connectivity index (χ3n) is 4.69. The van der Waals surface area contributed by atoms with Gasteiger partial charge in [0.15, 0.2) is 0 Å². The standard InChI is InChI=1S/C22H19N3O3S/c1-13-18-21(23-14(2)25(3)22(18)27)29-19(13)20(26)24-15-9-11-17(12-10-15)28-16-7-5-4-6-8-16/h4-12H,1-3H3,(H,24,26). The van der Waals surface area contributed by atoms with E-state index in [1.54, 1.807) is 45.2 Å². The number of amides is 1. The largest absolute Gasteiger partial charge is 0.457 e. The van der Waals surface area contributed by atoms with Gasteiger partial charge in [-0.3, -0.25) is 14.2 Å². The number of nitrogens with one attached hydrogen (secondary N) is 1. The maximum absolute atomic E-state index is 12.8. The van der Waals surface area contributed by atoms with E-state index < -0.39 is 0 Å². The van der Waals surface area contributed by atoms with E-state index in [0.717, 1.165) is 5.75 Å². The highest BCUT2D eigenvalue weighted by atomic mass is 32.1. The van der Waals surface area contributed by atoms with E-state index in [1.165, 1.54) is 15.9 Å². The molecule has 0 spiro atoms. The Kier molecular flexibility index (Phi) is 4.90. The number of aryl methyl sites for hydroxylation is 2. The Morgan fingerprint density at radius 3 is 2.38 bits per heavy atom. The van der Waals surface area contributed by atoms with Crippen LogP contribution in [0.15, 0.2) is 59.4 Å². The van der Waals surface area contributed by atoms with Gasteiger partial charge in [0.25, 0.3) is 11.5 Å². The molecule has 6 nitrogen and oxygen atoms in total. The Morgan fingerprint density at radius 1 is 1.03 bits per heavy atom. The molecule has 0 saturated heterocycles. The Bertz CT molecular complexity index is 1260. The number of nitrogens with zero attached hydrogens (tertiary/aromatic N) is 2. The molecule has 2 aromatic carbocycles. The predicted octanol–water partition coefficient (Wildman–Crippen LogP) is 4.66. The third-order valence-corrected chi connectivity index (χ3v) is 5.88. The minimum absolute atomic E-state index is 0.136. The maximum atomic E-state index is 12.8. The molecule has 0 aliphatic heterocycles. The summed E-state index contributed by atoms with van der Waals surface area (Å²) in [6, 6.07) is 16.6. The molecule has 0 aliphatic carbocycles. The average molecular weight is 405 g/mol. The molecule has 2 heterocycles. The maximum Gasteiger partial charge on any atom is 0.266 e. The average Bonchev–Trinajstić information content (AvgIpc) is 3.05. The summed E-state index contributed by atoms with van der Waals surface area (Å²) >= 11 is 1.23. The molecule has 0 radical (unpaired) electrons. The van der Waals surface area contributed by atoms with Crippen molar-refractivity contribution in [3.8, 4) is 11.5 Å². The molecule has 1 N–H and O–H groups in total. The van der Waals surface area contributed by atoms with Gasteiger partial charge in [-0.1, -0.05) is 18.2 Å². The third kappa shape index (κ3) is 3.64. The van der Waals surface area contributed by atoms with E-state index in [1.807, 2.05) is 30.3 Å². The van der Waals surface area contributed by atoms with Crippen LogP contribution in [0, 0.1) is 13.8 Å². The monoisotopic (exact) mass is 405 g/mol. The number of hydrogen-bond donors (Lipinski definition) is 1. The van der Waals surface area contributed by atoms with Crippen LogP contribution >= 0.6 is 11.3 Å². The van der Waals surface area contributed by atoms with Crippen LogP contribution in [0.5, 0.6) is 11.5 Å². The van der Waals surface area contributed by atoms with Crippen molar-refractivity contribution in [3.63, 3.8) is 0 Å². The van der Waals surface area contributed by atoms with Crippen molar-refractivity contribution in [1.82, 2.24) is 9.55 Å². The number of aromatic nitrogens is 2. The first-order valence-corrected chi connectivity index (χ1v) is 9.86. The van der Waals surface area contributed by atoms with Crippen LogP contribution in [0.2, 0.25) is 0 Å². The van der Waals surface area contributed by atoms with Gasteiger partial charge < -0.3 is 10.1 Å². The smallest absolute Gasteiger partial charge is 0.266 e. The quantitative estimate of drug-likeness (QED) is 0.536. The first-order chi connectivity index (χ1) is 13.9. The zero-order valence-electron chi connectivity index (χ0n) is 16.2. The van der Waals surface area contributed by atoms with Crippen LogP contribution in [0.4, 0.5) is 5.69 Å². The number of carbonyl (C=O) groups is 1. The number of benzene rings is 2. The molecule has 0 saturated carbocycles. The summed E-state index contributed by atoms with van der Waals surface area (Å²) in [7, 11) is 1.68. The summed E-state index contributed by atoms with van der Waals surface area (Å²) in [6.07, 6.45) is 0. The second-order valence-electron chi connectivity index (χ2n) is 6.65. The van der Waals surface area contributed by atoms with Crippen molar-refractivity contribution in [2.75, 3.05) is 5.32 Å². The van der Waals surface area contributed by atoms with Crippen molar-refractivity contribution in [3.05, 3.63) is 81.2 Å². The lowest BCUT2D eigenvalue weighted by atomic mass is 10.2. The number of thiophene rings is 1. The molecule has 0 atom stereocenters. The van der Waals surface area contributed by atoms with Crippen LogP contribution < -0.4 is 15.6 Å². The van der Waals surface area contributed by atoms with Crippen LogP contribution in [-0.2, 0) is 7.05 Å². The molecule has 0 bridgehead atoms. The fourth-order valence-electron chi connectivity index (χ4n) is 3.00. The SMILES string of the molecule is Cc1c(C(=O)Nc2ccc(Oc3ccccc3)cc2)sc2nc(C)n(C)c(=O)c12. The molecule has 146 valence electrons. The van der Waals surface area contributed by atoms with Crippen molar-refractivity contribution in [1.29, 1.82) is 0 Å². The number of fused-ring (bicyclic) bond motifs is 1. The number of carbonyl (C=O) groups excluding carboxylic acids is 1. The highest BCUT2D eigenvalue weighted by Gasteiger charge is 2.20. The molecule has 0 fully saturated rings. The molecule has 29 heavy (non-hydrogen) atoms. The Hall–Kier alpha value is -3.45. The lowest BCUT2D eigenvalue weighted by Crippen LogP contribution is -2.20. The van der Waals surface area contributed by atoms with Crippen molar-refractivity contribution in [2.24, 2.45) is 7.05 Å². The first-order valence-electron chi connectivity index (χ1n) is 9.05. The van der Waals surface area contributed by atoms with Gasteiger partial charge >= 0.3 is 0 Å². The lowest BCUT2D eigenvalue weighted by Gasteiger charge is -2.08. The minimum atomic E-state index is -0.262. The minimum Gasteiger partial charge on any atom is -0.457 e. The summed E-state index contributed by atoms with van der Waals surface area (Å²) in [5.41, 5.74) is 1.16. The number of rotatable bonds is 4. The number of ether oxygens (including phenoxy) is 1. The predicted molar refractivity (Wildman–Crippen MR) is 115 cm³/mol. The first kappa shape index (κ1) is 18.9. The highest BCUT2D eigenvalue weighted by molar-refractivity contribution is 7.20. The van der Waals surface area contributed by atoms with Crippen molar-refractivity contribution >= 4 is 33.1 Å². The Morgan fingerprint density at radius 2 is 1.69 bits per heavy atom. The molecule has 4 rings (SSSR count). The number of hydrogen-bond acceptors (Lipinski definition) is 5. The van der Waals surface area contributed by atoms with Gasteiger partial charge in [0, 0.05) is 12.7 Å². The van der Waals surface area contributed by atoms with Gasteiger partial charge in [-0.2, -0.15) is 0 Å². The summed E-state index contributed by atoms with van der Waals surface area (Å²) < 4.78 is 7.26. The molecule has 7 heteroatoms. The van der Waals surface area contributed by atoms with E-state index in [0.29, 0.717) is 37.9 Å². The lowest BCUT2D eigenvalue weighted by molar-refractivity contribution is 0.103. The molecular formula is C22H19N3O3S. The topological polar surface area (TPSA) is 73.2 Å². The Labute approximate surface area is 171 Å². The molecule has 2 aromatic heterocycles. The fourth-order valence-corrected chi connectivity index (χ4v) is 4.11. The molecular weight excluding hydrogens is 386 g/mol. The van der Waals surface area contributed by atoms with Crippen LogP contribution in [0.3, 0.4) is 0 Å². The van der Waals surface area contributed by atoms with Crippen LogP contribution in [-0.4, -0.2) is 15.5 Å². The van der Waals surface area contributed by atoms with Gasteiger partial charge in [-0.25, -0.2) is 4.98 Å². The molecule has 0 unspecified atom stereocenters.